The van der Waals surface area contributed by atoms with E-state index in [4.69, 9.17) is 14.2 Å². The number of amides is 2. The van der Waals surface area contributed by atoms with Crippen LogP contribution in [0.4, 0.5) is 25.6 Å². The minimum atomic E-state index is -0.656. The number of methoxy groups -OCH3 is 1. The van der Waals surface area contributed by atoms with E-state index in [9.17, 15) is 14.0 Å². The fraction of sp³-hybridized carbons (Fsp3) is 0.222. The summed E-state index contributed by atoms with van der Waals surface area (Å²) < 4.78 is 29.6. The van der Waals surface area contributed by atoms with E-state index >= 15 is 0 Å². The minimum absolute atomic E-state index is 0.0363. The van der Waals surface area contributed by atoms with E-state index < -0.39 is 23.6 Å². The monoisotopic (exact) mass is 618 g/mol. The first-order valence-electron chi connectivity index (χ1n) is 14.4. The van der Waals surface area contributed by atoms with Crippen molar-refractivity contribution in [3.8, 4) is 23.7 Å². The highest BCUT2D eigenvalue weighted by atomic mass is 19.1. The largest absolute Gasteiger partial charge is 0.441 e. The number of pyridine rings is 2. The van der Waals surface area contributed by atoms with E-state index in [0.717, 1.165) is 16.7 Å². The fourth-order valence-corrected chi connectivity index (χ4v) is 4.56. The van der Waals surface area contributed by atoms with Gasteiger partial charge in [-0.3, -0.25) is 9.80 Å². The van der Waals surface area contributed by atoms with E-state index in [0.29, 0.717) is 24.5 Å². The van der Waals surface area contributed by atoms with E-state index in [1.807, 2.05) is 66.7 Å². The molecule has 46 heavy (non-hydrogen) atoms. The third kappa shape index (κ3) is 8.26. The van der Waals surface area contributed by atoms with E-state index in [2.05, 4.69) is 33.6 Å². The van der Waals surface area contributed by atoms with Gasteiger partial charge in [0.15, 0.2) is 11.6 Å². The molecule has 4 aromatic rings. The maximum Gasteiger partial charge on any atom is 0.416 e. The summed E-state index contributed by atoms with van der Waals surface area (Å²) in [6.07, 6.45) is 1.86. The van der Waals surface area contributed by atoms with Crippen LogP contribution in [-0.2, 0) is 14.2 Å². The Bertz CT molecular complexity index is 1810. The molecule has 0 spiro atoms. The lowest BCUT2D eigenvalue weighted by molar-refractivity contribution is 0.0718. The highest BCUT2D eigenvalue weighted by molar-refractivity contribution is 5.89. The van der Waals surface area contributed by atoms with Crippen LogP contribution in [0.3, 0.4) is 0 Å². The molecule has 232 valence electrons. The number of carbonyl (C=O) groups is 2. The van der Waals surface area contributed by atoms with E-state index in [1.165, 1.54) is 22.1 Å². The van der Waals surface area contributed by atoms with Crippen LogP contribution in [0.2, 0.25) is 0 Å². The first-order chi connectivity index (χ1) is 22.2. The summed E-state index contributed by atoms with van der Waals surface area (Å²) in [5, 5.41) is 0. The lowest BCUT2D eigenvalue weighted by Gasteiger charge is -2.15. The average molecular weight is 619 g/mol. The first kappa shape index (κ1) is 31.7. The molecule has 0 N–H and O–H groups in total. The number of hydrogen-bond donors (Lipinski definition) is 0. The van der Waals surface area contributed by atoms with Crippen LogP contribution in [0.15, 0.2) is 91.3 Å². The molecule has 2 saturated heterocycles. The molecule has 0 bridgehead atoms. The fourth-order valence-electron chi connectivity index (χ4n) is 4.56. The van der Waals surface area contributed by atoms with Gasteiger partial charge in [-0.1, -0.05) is 60.1 Å². The summed E-state index contributed by atoms with van der Waals surface area (Å²) in [7, 11) is 1.58. The van der Waals surface area contributed by atoms with Crippen molar-refractivity contribution >= 4 is 23.8 Å². The Balaban J connectivity index is 0.000000181. The number of ether oxygens (including phenoxy) is 3. The van der Waals surface area contributed by atoms with Crippen LogP contribution in [0.25, 0.3) is 0 Å². The molecule has 10 heteroatoms. The lowest BCUT2D eigenvalue weighted by atomic mass is 10.1. The molecule has 2 aromatic heterocycles. The molecular formula is C36H31FN4O5. The number of rotatable bonds is 4. The number of benzene rings is 2. The highest BCUT2D eigenvalue weighted by Crippen LogP contribution is 2.28. The van der Waals surface area contributed by atoms with Crippen LogP contribution >= 0.6 is 0 Å². The number of cyclic esters (lactones) is 2. The second-order valence-electron chi connectivity index (χ2n) is 11.0. The van der Waals surface area contributed by atoms with Gasteiger partial charge in [-0.2, -0.15) is 0 Å². The Hall–Kier alpha value is -5.71. The number of nitrogens with zero attached hydrogens (tertiary/aromatic N) is 4. The van der Waals surface area contributed by atoms with Crippen molar-refractivity contribution in [1.82, 2.24) is 9.97 Å². The third-order valence-corrected chi connectivity index (χ3v) is 6.70. The molecule has 0 aliphatic carbocycles. The Morgan fingerprint density at radius 3 is 1.98 bits per heavy atom. The second kappa shape index (κ2) is 14.4. The van der Waals surface area contributed by atoms with Crippen LogP contribution in [0, 0.1) is 29.5 Å². The topological polar surface area (TPSA) is 94.1 Å². The Morgan fingerprint density at radius 2 is 1.43 bits per heavy atom. The summed E-state index contributed by atoms with van der Waals surface area (Å²) >= 11 is 0. The number of hydrogen-bond acceptors (Lipinski definition) is 7. The zero-order chi connectivity index (χ0) is 32.5. The van der Waals surface area contributed by atoms with Gasteiger partial charge in [0.1, 0.15) is 17.5 Å². The molecule has 9 nitrogen and oxygen atoms in total. The summed E-state index contributed by atoms with van der Waals surface area (Å²) in [6, 6.07) is 24.0. The zero-order valence-electron chi connectivity index (χ0n) is 25.6. The molecule has 0 saturated carbocycles. The van der Waals surface area contributed by atoms with Crippen molar-refractivity contribution in [3.05, 3.63) is 119 Å². The number of aromatic nitrogens is 2. The van der Waals surface area contributed by atoms with Crippen molar-refractivity contribution in [2.45, 2.75) is 25.6 Å². The first-order valence-corrected chi connectivity index (χ1v) is 14.4. The van der Waals surface area contributed by atoms with Crippen molar-refractivity contribution in [2.24, 2.45) is 0 Å². The van der Waals surface area contributed by atoms with Crippen LogP contribution in [-0.4, -0.2) is 60.7 Å². The smallest absolute Gasteiger partial charge is 0.416 e. The summed E-state index contributed by atoms with van der Waals surface area (Å²) in [5.74, 6) is 11.8. The molecule has 1 unspecified atom stereocenters. The Kier molecular flexibility index (Phi) is 9.91. The van der Waals surface area contributed by atoms with Gasteiger partial charge in [-0.15, -0.1) is 0 Å². The molecule has 1 atom stereocenters. The van der Waals surface area contributed by atoms with Crippen molar-refractivity contribution < 1.29 is 28.2 Å². The van der Waals surface area contributed by atoms with Gasteiger partial charge in [0.05, 0.1) is 19.7 Å². The minimum Gasteiger partial charge on any atom is -0.441 e. The molecule has 2 aromatic carbocycles. The quantitative estimate of drug-likeness (QED) is 0.267. The summed E-state index contributed by atoms with van der Waals surface area (Å²) in [6.45, 7) is 4.60. The maximum absolute atomic E-state index is 14.3. The molecule has 4 heterocycles. The van der Waals surface area contributed by atoms with Crippen molar-refractivity contribution in [3.63, 3.8) is 0 Å². The van der Waals surface area contributed by atoms with E-state index in [1.54, 1.807) is 33.2 Å². The zero-order valence-corrected chi connectivity index (χ0v) is 25.6. The SMILES string of the molecule is CC1(C)CN(c2ncc(C#Cc3ccccc3)cc2F)C(=O)O1.COCC1CN(c2ccc(C#Cc3ccccc3)cn2)C(=O)O1. The van der Waals surface area contributed by atoms with Gasteiger partial charge in [0, 0.05) is 41.8 Å². The van der Waals surface area contributed by atoms with Gasteiger partial charge >= 0.3 is 12.2 Å². The van der Waals surface area contributed by atoms with Crippen LogP contribution in [0.1, 0.15) is 36.1 Å². The summed E-state index contributed by atoms with van der Waals surface area (Å²) in [4.78, 5) is 34.7. The normalized spacial score (nSPS) is 16.2. The standard InChI is InChI=1S/C18H15FN2O2.C18H16N2O3/c1-18(2)12-21(17(22)23-18)16-15(19)10-14(11-20-16)9-8-13-6-4-3-5-7-13;1-22-13-16-12-20(18(21)23-16)17-10-9-15(11-19-17)8-7-14-5-3-2-4-6-14/h3-7,10-11H,12H2,1-2H3;2-6,9-11,16H,12-13H2,1H3. The highest BCUT2D eigenvalue weighted by Gasteiger charge is 2.40. The lowest BCUT2D eigenvalue weighted by Crippen LogP contribution is -2.29. The van der Waals surface area contributed by atoms with Crippen LogP contribution < -0.4 is 9.80 Å². The van der Waals surface area contributed by atoms with E-state index in [-0.39, 0.29) is 18.5 Å². The molecule has 6 rings (SSSR count). The van der Waals surface area contributed by atoms with Gasteiger partial charge in [0.2, 0.25) is 0 Å². The summed E-state index contributed by atoms with van der Waals surface area (Å²) in [5.41, 5.74) is 2.36. The Morgan fingerprint density at radius 1 is 0.826 bits per heavy atom. The second-order valence-corrected chi connectivity index (χ2v) is 11.0. The molecule has 0 radical (unpaired) electrons. The molecule has 2 aliphatic heterocycles. The van der Waals surface area contributed by atoms with Gasteiger partial charge in [-0.25, -0.2) is 23.9 Å². The number of halogens is 1. The predicted molar refractivity (Wildman–Crippen MR) is 171 cm³/mol. The molecule has 2 fully saturated rings. The van der Waals surface area contributed by atoms with Gasteiger partial charge < -0.3 is 14.2 Å². The molecule has 2 amide bonds. The van der Waals surface area contributed by atoms with Gasteiger partial charge in [0.25, 0.3) is 0 Å². The van der Waals surface area contributed by atoms with Gasteiger partial charge in [-0.05, 0) is 56.3 Å². The average Bonchev–Trinajstić information content (AvgIpc) is 3.56. The maximum atomic E-state index is 14.3. The number of carbonyl (C=O) groups excluding carboxylic acids is 2. The molecular weight excluding hydrogens is 587 g/mol. The molecule has 2 aliphatic rings. The number of anilines is 2. The third-order valence-electron chi connectivity index (χ3n) is 6.70. The predicted octanol–water partition coefficient (Wildman–Crippen LogP) is 5.81. The Labute approximate surface area is 266 Å². The van der Waals surface area contributed by atoms with Crippen LogP contribution in [0.5, 0.6) is 0 Å². The van der Waals surface area contributed by atoms with Crippen molar-refractivity contribution in [1.29, 1.82) is 0 Å². The van der Waals surface area contributed by atoms with Crippen molar-refractivity contribution in [2.75, 3.05) is 36.6 Å².